The summed E-state index contributed by atoms with van der Waals surface area (Å²) in [4.78, 5) is 0. The zero-order valence-electron chi connectivity index (χ0n) is 3.17. The molecule has 0 amide bonds. The molecule has 0 aromatic rings. The first kappa shape index (κ1) is 15.7. The second-order valence-corrected chi connectivity index (χ2v) is 0.651. The Labute approximate surface area is 67.4 Å². The largest absolute Gasteiger partial charge is 1.00 e. The van der Waals surface area contributed by atoms with Crippen molar-refractivity contribution in [1.82, 2.24) is 0 Å². The predicted octanol–water partition coefficient (Wildman–Crippen LogP) is -3.54. The zero-order valence-corrected chi connectivity index (χ0v) is 6.99. The summed E-state index contributed by atoms with van der Waals surface area (Å²) < 4.78 is 24.1. The molecule has 0 fully saturated rings. The van der Waals surface area contributed by atoms with Gasteiger partial charge in [0, 0.05) is 0 Å². The first-order valence-corrected chi connectivity index (χ1v) is 1.55. The van der Waals surface area contributed by atoms with Crippen LogP contribution in [0.5, 0.6) is 0 Å². The molecule has 1 N–H and O–H groups in total. The molecule has 0 bridgehead atoms. The van der Waals surface area contributed by atoms with Crippen LogP contribution in [0.3, 0.4) is 0 Å². The van der Waals surface area contributed by atoms with Crippen LogP contribution < -0.4 is 29.6 Å². The minimum atomic E-state index is -2.86. The molecule has 6 heteroatoms. The SMILES string of the molecule is O=S([O-])O.S.[Na+]. The van der Waals surface area contributed by atoms with Crippen LogP contribution in [0.4, 0.5) is 0 Å². The molecule has 1 atom stereocenters. The van der Waals surface area contributed by atoms with E-state index in [-0.39, 0.29) is 43.1 Å². The van der Waals surface area contributed by atoms with Crippen molar-refractivity contribution < 1.29 is 42.9 Å². The van der Waals surface area contributed by atoms with E-state index in [1.165, 1.54) is 0 Å². The smallest absolute Gasteiger partial charge is 0.750 e. The average molecular weight is 138 g/mol. The van der Waals surface area contributed by atoms with Gasteiger partial charge in [-0.25, -0.2) is 4.21 Å². The summed E-state index contributed by atoms with van der Waals surface area (Å²) in [6.07, 6.45) is 0. The van der Waals surface area contributed by atoms with Gasteiger partial charge in [0.15, 0.2) is 0 Å². The standard InChI is InChI=1S/Na.H2O3S.H2S/c;1-4(2)3;/h;(H2,1,2,3);1H2/q+1;;/p-1. The van der Waals surface area contributed by atoms with Crippen molar-refractivity contribution in [2.45, 2.75) is 0 Å². The topological polar surface area (TPSA) is 60.4 Å². The van der Waals surface area contributed by atoms with E-state index < -0.39 is 11.4 Å². The van der Waals surface area contributed by atoms with Gasteiger partial charge in [-0.3, -0.25) is 0 Å². The van der Waals surface area contributed by atoms with Crippen molar-refractivity contribution in [3.05, 3.63) is 0 Å². The Bertz CT molecular complexity index is 31.8. The molecule has 0 rings (SSSR count). The van der Waals surface area contributed by atoms with Crippen molar-refractivity contribution >= 4 is 24.9 Å². The third-order valence-electron chi connectivity index (χ3n) is 0. The average Bonchev–Trinajstić information content (AvgIpc) is 0.811. The van der Waals surface area contributed by atoms with Crippen LogP contribution in [0.2, 0.25) is 0 Å². The second kappa shape index (κ2) is 9.65. The summed E-state index contributed by atoms with van der Waals surface area (Å²) in [5.74, 6) is 0. The van der Waals surface area contributed by atoms with Crippen molar-refractivity contribution in [1.29, 1.82) is 0 Å². The van der Waals surface area contributed by atoms with Crippen LogP contribution in [-0.4, -0.2) is 13.3 Å². The van der Waals surface area contributed by atoms with Gasteiger partial charge in [0.25, 0.3) is 0 Å². The van der Waals surface area contributed by atoms with E-state index in [1.54, 1.807) is 0 Å². The molecule has 0 aliphatic heterocycles. The molecule has 3 nitrogen and oxygen atoms in total. The molecule has 0 aromatic carbocycles. The molecule has 0 aliphatic rings. The van der Waals surface area contributed by atoms with E-state index in [0.717, 1.165) is 0 Å². The molecule has 6 heavy (non-hydrogen) atoms. The van der Waals surface area contributed by atoms with Gasteiger partial charge in [-0.2, -0.15) is 13.5 Å². The van der Waals surface area contributed by atoms with Crippen LogP contribution >= 0.6 is 13.5 Å². The molecule has 0 aliphatic carbocycles. The zero-order chi connectivity index (χ0) is 3.58. The second-order valence-electron chi connectivity index (χ2n) is 0.217. The Kier molecular flexibility index (Phi) is 25.2. The number of hydrogen-bond donors (Lipinski definition) is 1. The maximum Gasteiger partial charge on any atom is 1.00 e. The molecular formula is H3NaO3S2. The predicted molar refractivity (Wildman–Crippen MR) is 21.9 cm³/mol. The molecule has 1 unspecified atom stereocenters. The molecule has 0 saturated heterocycles. The monoisotopic (exact) mass is 138 g/mol. The van der Waals surface area contributed by atoms with Gasteiger partial charge >= 0.3 is 29.6 Å². The quantitative estimate of drug-likeness (QED) is 0.278. The third kappa shape index (κ3) is 52.5. The van der Waals surface area contributed by atoms with Crippen molar-refractivity contribution in [3.8, 4) is 0 Å². The fourth-order valence-electron chi connectivity index (χ4n) is 0. The summed E-state index contributed by atoms with van der Waals surface area (Å²) in [5, 5.41) is 0. The van der Waals surface area contributed by atoms with Crippen LogP contribution in [0, 0.1) is 0 Å². The summed E-state index contributed by atoms with van der Waals surface area (Å²) >= 11 is -2.86. The Morgan fingerprint density at radius 3 is 1.67 bits per heavy atom. The minimum Gasteiger partial charge on any atom is -0.750 e. The molecular weight excluding hydrogens is 135 g/mol. The van der Waals surface area contributed by atoms with E-state index in [0.29, 0.717) is 0 Å². The van der Waals surface area contributed by atoms with Crippen LogP contribution in [0.25, 0.3) is 0 Å². The Morgan fingerprint density at radius 1 is 1.67 bits per heavy atom. The van der Waals surface area contributed by atoms with Crippen molar-refractivity contribution in [2.75, 3.05) is 0 Å². The maximum atomic E-state index is 8.56. The summed E-state index contributed by atoms with van der Waals surface area (Å²) in [6.45, 7) is 0. The van der Waals surface area contributed by atoms with Gasteiger partial charge < -0.3 is 9.11 Å². The van der Waals surface area contributed by atoms with Gasteiger partial charge in [0.05, 0.1) is 11.4 Å². The fourth-order valence-corrected chi connectivity index (χ4v) is 0. The Morgan fingerprint density at radius 2 is 1.67 bits per heavy atom. The third-order valence-corrected chi connectivity index (χ3v) is 0. The van der Waals surface area contributed by atoms with E-state index in [4.69, 9.17) is 13.3 Å². The van der Waals surface area contributed by atoms with Crippen molar-refractivity contribution in [3.63, 3.8) is 0 Å². The minimum absolute atomic E-state index is 0. The normalized spacial score (nSPS) is 10.3. The van der Waals surface area contributed by atoms with Gasteiger partial charge in [-0.1, -0.05) is 0 Å². The molecule has 0 heterocycles. The maximum absolute atomic E-state index is 8.56. The summed E-state index contributed by atoms with van der Waals surface area (Å²) in [5.41, 5.74) is 0. The van der Waals surface area contributed by atoms with E-state index in [1.807, 2.05) is 0 Å². The molecule has 0 saturated carbocycles. The van der Waals surface area contributed by atoms with Crippen LogP contribution in [0.15, 0.2) is 0 Å². The van der Waals surface area contributed by atoms with Gasteiger partial charge in [-0.05, 0) is 0 Å². The molecule has 0 aromatic heterocycles. The number of rotatable bonds is 0. The van der Waals surface area contributed by atoms with Crippen LogP contribution in [-0.2, 0) is 11.4 Å². The molecule has 0 spiro atoms. The first-order valence-electron chi connectivity index (χ1n) is 0.516. The first-order chi connectivity index (χ1) is 1.73. The van der Waals surface area contributed by atoms with E-state index >= 15 is 0 Å². The van der Waals surface area contributed by atoms with Gasteiger partial charge in [0.2, 0.25) is 0 Å². The Hall–Kier alpha value is 1.42. The van der Waals surface area contributed by atoms with Gasteiger partial charge in [-0.15, -0.1) is 0 Å². The summed E-state index contributed by atoms with van der Waals surface area (Å²) in [7, 11) is 0. The fraction of sp³-hybridized carbons (Fsp3) is 0. The van der Waals surface area contributed by atoms with Crippen molar-refractivity contribution in [2.24, 2.45) is 0 Å². The van der Waals surface area contributed by atoms with Gasteiger partial charge in [0.1, 0.15) is 0 Å². The summed E-state index contributed by atoms with van der Waals surface area (Å²) in [6, 6.07) is 0. The van der Waals surface area contributed by atoms with Crippen LogP contribution in [0.1, 0.15) is 0 Å². The van der Waals surface area contributed by atoms with E-state index in [2.05, 4.69) is 0 Å². The number of hydrogen-bond acceptors (Lipinski definition) is 2. The van der Waals surface area contributed by atoms with E-state index in [9.17, 15) is 0 Å². The Balaban J connectivity index is -0.0000000450. The molecule has 34 valence electrons. The molecule has 0 radical (unpaired) electrons.